The summed E-state index contributed by atoms with van der Waals surface area (Å²) in [5.41, 5.74) is 10.4. The Morgan fingerprint density at radius 2 is 1.91 bits per heavy atom. The molecule has 0 radical (unpaired) electrons. The number of nitrogen functional groups attached to an aromatic ring is 1. The molecule has 4 heterocycles. The van der Waals surface area contributed by atoms with Crippen LogP contribution in [-0.4, -0.2) is 51.2 Å². The van der Waals surface area contributed by atoms with E-state index in [4.69, 9.17) is 10.8 Å². The van der Waals surface area contributed by atoms with E-state index in [1.165, 1.54) is 11.9 Å². The zero-order chi connectivity index (χ0) is 25.2. The first-order valence-electron chi connectivity index (χ1n) is 12.0. The smallest absolute Gasteiger partial charge is 0.164 e. The number of nitrogens with one attached hydrogen (secondary N) is 2. The third kappa shape index (κ3) is 6.19. The maximum atomic E-state index is 10.9. The van der Waals surface area contributed by atoms with Gasteiger partial charge in [0.1, 0.15) is 29.9 Å². The molecule has 4 aromatic rings. The highest BCUT2D eigenvalue weighted by molar-refractivity contribution is 5.98. The van der Waals surface area contributed by atoms with E-state index in [-0.39, 0.29) is 6.04 Å². The van der Waals surface area contributed by atoms with Crippen LogP contribution < -0.4 is 16.4 Å². The molecule has 0 aliphatic carbocycles. The van der Waals surface area contributed by atoms with Crippen LogP contribution in [0.2, 0.25) is 0 Å². The van der Waals surface area contributed by atoms with Crippen LogP contribution in [0.4, 0.5) is 11.6 Å². The van der Waals surface area contributed by atoms with Gasteiger partial charge in [0.2, 0.25) is 0 Å². The summed E-state index contributed by atoms with van der Waals surface area (Å²) in [5, 5.41) is 11.9. The van der Waals surface area contributed by atoms with Crippen LogP contribution in [0.3, 0.4) is 0 Å². The topological polar surface area (TPSA) is 124 Å². The van der Waals surface area contributed by atoms with Crippen molar-refractivity contribution in [3.8, 4) is 11.3 Å². The normalized spacial score (nSPS) is 14.8. The van der Waals surface area contributed by atoms with Crippen LogP contribution in [0, 0.1) is 6.92 Å². The van der Waals surface area contributed by atoms with Gasteiger partial charge in [-0.25, -0.2) is 19.6 Å². The minimum atomic E-state index is 0.249. The first-order chi connectivity index (χ1) is 17.1. The van der Waals surface area contributed by atoms with Crippen molar-refractivity contribution in [3.63, 3.8) is 0 Å². The lowest BCUT2D eigenvalue weighted by molar-refractivity contribution is 0.112. The molecule has 0 spiro atoms. The highest BCUT2D eigenvalue weighted by atomic mass is 16.1. The quantitative estimate of drug-likeness (QED) is 0.375. The number of piperidine rings is 1. The minimum absolute atomic E-state index is 0.249. The average molecular weight is 475 g/mol. The number of nitrogens with zero attached hydrogens (tertiary/aromatic N) is 5. The Bertz CT molecular complexity index is 1230. The molecule has 1 unspecified atom stereocenters. The van der Waals surface area contributed by atoms with Crippen LogP contribution in [0.5, 0.6) is 0 Å². The number of hydrogen-bond acceptors (Lipinski definition) is 8. The maximum Gasteiger partial charge on any atom is 0.164 e. The molecular formula is C26H34N8O. The van der Waals surface area contributed by atoms with E-state index in [0.717, 1.165) is 60.3 Å². The summed E-state index contributed by atoms with van der Waals surface area (Å²) in [5.74, 6) is 1.35. The Labute approximate surface area is 206 Å². The summed E-state index contributed by atoms with van der Waals surface area (Å²) in [6.45, 7) is 7.94. The Morgan fingerprint density at radius 3 is 2.51 bits per heavy atom. The Balaban J connectivity index is 0.000000262. The molecular weight excluding hydrogens is 440 g/mol. The van der Waals surface area contributed by atoms with E-state index in [0.29, 0.717) is 11.4 Å². The van der Waals surface area contributed by atoms with E-state index in [2.05, 4.69) is 25.6 Å². The molecule has 9 nitrogen and oxygen atoms in total. The second-order valence-electron chi connectivity index (χ2n) is 7.96. The van der Waals surface area contributed by atoms with E-state index < -0.39 is 0 Å². The lowest BCUT2D eigenvalue weighted by atomic mass is 10.1. The predicted molar refractivity (Wildman–Crippen MR) is 142 cm³/mol. The van der Waals surface area contributed by atoms with Gasteiger partial charge < -0.3 is 16.4 Å². The third-order valence-electron chi connectivity index (χ3n) is 5.63. The van der Waals surface area contributed by atoms with Crippen molar-refractivity contribution >= 4 is 29.0 Å². The van der Waals surface area contributed by atoms with Crippen molar-refractivity contribution in [2.75, 3.05) is 31.2 Å². The molecule has 1 aliphatic heterocycles. The molecule has 0 saturated carbocycles. The Kier molecular flexibility index (Phi) is 9.25. The van der Waals surface area contributed by atoms with Crippen LogP contribution >= 0.6 is 0 Å². The maximum absolute atomic E-state index is 10.9. The van der Waals surface area contributed by atoms with Crippen LogP contribution in [0.15, 0.2) is 48.9 Å². The monoisotopic (exact) mass is 474 g/mol. The zero-order valence-electron chi connectivity index (χ0n) is 20.8. The molecule has 1 aromatic carbocycles. The number of hydrogen-bond donors (Lipinski definition) is 3. The van der Waals surface area contributed by atoms with Crippen LogP contribution in [0.25, 0.3) is 22.3 Å². The third-order valence-corrected chi connectivity index (χ3v) is 5.63. The summed E-state index contributed by atoms with van der Waals surface area (Å²) in [6, 6.07) is 11.5. The van der Waals surface area contributed by atoms with Gasteiger partial charge in [-0.2, -0.15) is 5.10 Å². The van der Waals surface area contributed by atoms with Crippen molar-refractivity contribution in [1.82, 2.24) is 30.0 Å². The molecule has 9 heteroatoms. The summed E-state index contributed by atoms with van der Waals surface area (Å²) in [7, 11) is 1.86. The second kappa shape index (κ2) is 12.6. The van der Waals surface area contributed by atoms with E-state index in [1.807, 2.05) is 56.8 Å². The minimum Gasteiger partial charge on any atom is -0.383 e. The van der Waals surface area contributed by atoms with Crippen molar-refractivity contribution < 1.29 is 4.79 Å². The number of carbonyl (C=O) groups is 1. The lowest BCUT2D eigenvalue weighted by Gasteiger charge is -2.23. The van der Waals surface area contributed by atoms with Crippen molar-refractivity contribution in [2.45, 2.75) is 39.7 Å². The number of carbonyl (C=O) groups excluding carboxylic acids is 1. The summed E-state index contributed by atoms with van der Waals surface area (Å²) >= 11 is 0. The Morgan fingerprint density at radius 1 is 1.14 bits per heavy atom. The predicted octanol–water partition coefficient (Wildman–Crippen LogP) is 4.27. The molecule has 0 bridgehead atoms. The van der Waals surface area contributed by atoms with Crippen molar-refractivity contribution in [3.05, 3.63) is 60.0 Å². The zero-order valence-corrected chi connectivity index (χ0v) is 20.8. The summed E-state index contributed by atoms with van der Waals surface area (Å²) in [6.07, 6.45) is 6.26. The molecule has 1 fully saturated rings. The standard InChI is InChI=1S/C17H18N6O.C7H10N2.C2H6/c18-16-14-15(12-5-3-11(9-24)4-6-12)22-23(17(14)21-10-20-16)13-2-1-7-19-8-13;1-6-3-4-9-7(5-6)8-2;1-2/h3-6,9-10,13,19H,1-2,7-8H2,(H2,18,20,21);3-5H,1-2H3,(H,8,9);1-2H3. The number of fused-ring (bicyclic) bond motifs is 1. The number of pyridine rings is 1. The van der Waals surface area contributed by atoms with Gasteiger partial charge in [-0.15, -0.1) is 0 Å². The van der Waals surface area contributed by atoms with Crippen molar-refractivity contribution in [1.29, 1.82) is 0 Å². The fourth-order valence-corrected chi connectivity index (χ4v) is 3.89. The van der Waals surface area contributed by atoms with Gasteiger partial charge in [-0.05, 0) is 44.0 Å². The molecule has 0 amide bonds. The molecule has 5 rings (SSSR count). The highest BCUT2D eigenvalue weighted by Gasteiger charge is 2.23. The van der Waals surface area contributed by atoms with Crippen molar-refractivity contribution in [2.24, 2.45) is 0 Å². The highest BCUT2D eigenvalue weighted by Crippen LogP contribution is 2.32. The van der Waals surface area contributed by atoms with Gasteiger partial charge in [0.15, 0.2) is 5.65 Å². The molecule has 4 N–H and O–H groups in total. The number of aryl methyl sites for hydroxylation is 1. The number of rotatable bonds is 4. The van der Waals surface area contributed by atoms with Gasteiger partial charge in [0.25, 0.3) is 0 Å². The summed E-state index contributed by atoms with van der Waals surface area (Å²) < 4.78 is 1.96. The van der Waals surface area contributed by atoms with E-state index in [1.54, 1.807) is 18.3 Å². The number of nitrogens with two attached hydrogens (primary N) is 1. The average Bonchev–Trinajstić information content (AvgIpc) is 3.32. The second-order valence-corrected chi connectivity index (χ2v) is 7.96. The fraction of sp³-hybridized carbons (Fsp3) is 0.346. The molecule has 184 valence electrons. The largest absolute Gasteiger partial charge is 0.383 e. The van der Waals surface area contributed by atoms with Gasteiger partial charge >= 0.3 is 0 Å². The van der Waals surface area contributed by atoms with Crippen LogP contribution in [-0.2, 0) is 0 Å². The number of aromatic nitrogens is 5. The fourth-order valence-electron chi connectivity index (χ4n) is 3.89. The first kappa shape index (κ1) is 25.8. The molecule has 1 aliphatic rings. The number of aldehydes is 1. The SMILES string of the molecule is CC.CNc1cc(C)ccn1.Nc1ncnc2c1c(-c1ccc(C=O)cc1)nn2C1CCCNC1. The summed E-state index contributed by atoms with van der Waals surface area (Å²) in [4.78, 5) is 23.5. The first-order valence-corrected chi connectivity index (χ1v) is 12.0. The van der Waals surface area contributed by atoms with Gasteiger partial charge in [-0.3, -0.25) is 4.79 Å². The van der Waals surface area contributed by atoms with Crippen LogP contribution in [0.1, 0.15) is 48.7 Å². The molecule has 35 heavy (non-hydrogen) atoms. The molecule has 3 aromatic heterocycles. The van der Waals surface area contributed by atoms with E-state index in [9.17, 15) is 4.79 Å². The van der Waals surface area contributed by atoms with Gasteiger partial charge in [0, 0.05) is 30.9 Å². The number of anilines is 2. The molecule has 1 saturated heterocycles. The van der Waals surface area contributed by atoms with Gasteiger partial charge in [-0.1, -0.05) is 38.1 Å². The molecule has 1 atom stereocenters. The lowest BCUT2D eigenvalue weighted by Crippen LogP contribution is -2.32. The van der Waals surface area contributed by atoms with Gasteiger partial charge in [0.05, 0.1) is 11.4 Å². The van der Waals surface area contributed by atoms with E-state index >= 15 is 0 Å². The number of benzene rings is 1. The Hall–Kier alpha value is -3.85.